The van der Waals surface area contributed by atoms with Crippen molar-refractivity contribution in [3.05, 3.63) is 34.4 Å². The Kier molecular flexibility index (Phi) is 6.56. The van der Waals surface area contributed by atoms with Crippen LogP contribution in [0.15, 0.2) is 12.1 Å². The summed E-state index contributed by atoms with van der Waals surface area (Å²) in [6.45, 7) is 2.72. The van der Waals surface area contributed by atoms with Crippen LogP contribution in [0.25, 0.3) is 0 Å². The molecule has 0 heterocycles. The molecular weight excluding hydrogens is 324 g/mol. The van der Waals surface area contributed by atoms with Crippen LogP contribution in [-0.2, 0) is 15.9 Å². The lowest BCUT2D eigenvalue weighted by Gasteiger charge is -2.38. The number of ether oxygens (including phenoxy) is 2. The largest absolute Gasteiger partial charge is 0.478 e. The second-order valence-corrected chi connectivity index (χ2v) is 6.69. The van der Waals surface area contributed by atoms with E-state index < -0.39 is 17.5 Å². The number of carboxylic acid groups (broad SMARTS) is 2. The van der Waals surface area contributed by atoms with Crippen LogP contribution in [0.4, 0.5) is 0 Å². The van der Waals surface area contributed by atoms with Crippen LogP contribution in [-0.4, -0.2) is 48.1 Å². The summed E-state index contributed by atoms with van der Waals surface area (Å²) in [5.74, 6) is -2.23. The molecule has 1 aromatic rings. The van der Waals surface area contributed by atoms with Crippen molar-refractivity contribution in [1.82, 2.24) is 0 Å². The van der Waals surface area contributed by atoms with E-state index in [4.69, 9.17) is 9.47 Å². The van der Waals surface area contributed by atoms with Crippen LogP contribution in [0, 0.1) is 6.92 Å². The van der Waals surface area contributed by atoms with Gasteiger partial charge in [-0.2, -0.15) is 0 Å². The lowest BCUT2D eigenvalue weighted by atomic mass is 9.78. The van der Waals surface area contributed by atoms with Crippen LogP contribution < -0.4 is 0 Å². The quantitative estimate of drug-likeness (QED) is 0.699. The SMILES string of the molecule is COCCOC1(Cc2c(C)cc(C(=O)O)cc2C(=O)O)CCCCC1. The molecule has 138 valence electrons. The van der Waals surface area contributed by atoms with Crippen molar-refractivity contribution in [2.45, 2.75) is 51.0 Å². The standard InChI is InChI=1S/C19H26O6/c1-13-10-14(17(20)21)11-15(18(22)23)16(13)12-19(25-9-8-24-2)6-4-3-5-7-19/h10-11H,3-9,12H2,1-2H3,(H,20,21)(H,22,23). The molecule has 0 amide bonds. The molecule has 0 aromatic heterocycles. The van der Waals surface area contributed by atoms with Crippen molar-refractivity contribution in [3.63, 3.8) is 0 Å². The van der Waals surface area contributed by atoms with Gasteiger partial charge in [0.15, 0.2) is 0 Å². The van der Waals surface area contributed by atoms with Crippen molar-refractivity contribution in [1.29, 1.82) is 0 Å². The Labute approximate surface area is 147 Å². The fourth-order valence-electron chi connectivity index (χ4n) is 3.60. The predicted molar refractivity (Wildman–Crippen MR) is 92.4 cm³/mol. The molecule has 2 N–H and O–H groups in total. The Balaban J connectivity index is 2.37. The van der Waals surface area contributed by atoms with Crippen molar-refractivity contribution in [3.8, 4) is 0 Å². The number of rotatable bonds is 8. The predicted octanol–water partition coefficient (Wildman–Crippen LogP) is 3.30. The molecule has 0 bridgehead atoms. The molecule has 0 unspecified atom stereocenters. The van der Waals surface area contributed by atoms with Crippen molar-refractivity contribution in [2.24, 2.45) is 0 Å². The van der Waals surface area contributed by atoms with Gasteiger partial charge in [-0.25, -0.2) is 9.59 Å². The Morgan fingerprint density at radius 1 is 1.08 bits per heavy atom. The summed E-state index contributed by atoms with van der Waals surface area (Å²) in [7, 11) is 1.62. The van der Waals surface area contributed by atoms with E-state index in [1.54, 1.807) is 14.0 Å². The van der Waals surface area contributed by atoms with Gasteiger partial charge in [0, 0.05) is 13.5 Å². The summed E-state index contributed by atoms with van der Waals surface area (Å²) in [6, 6.07) is 2.79. The first-order valence-corrected chi connectivity index (χ1v) is 8.61. The van der Waals surface area contributed by atoms with E-state index in [1.807, 2.05) is 0 Å². The van der Waals surface area contributed by atoms with E-state index in [1.165, 1.54) is 12.1 Å². The van der Waals surface area contributed by atoms with E-state index in [-0.39, 0.29) is 11.1 Å². The molecule has 2 rings (SSSR count). The molecule has 6 nitrogen and oxygen atoms in total. The molecule has 0 radical (unpaired) electrons. The van der Waals surface area contributed by atoms with E-state index in [2.05, 4.69) is 0 Å². The zero-order chi connectivity index (χ0) is 18.4. The molecule has 0 saturated heterocycles. The topological polar surface area (TPSA) is 93.1 Å². The van der Waals surface area contributed by atoms with E-state index >= 15 is 0 Å². The Morgan fingerprint density at radius 2 is 1.76 bits per heavy atom. The zero-order valence-corrected chi connectivity index (χ0v) is 14.8. The second kappa shape index (κ2) is 8.45. The van der Waals surface area contributed by atoms with E-state index in [9.17, 15) is 19.8 Å². The summed E-state index contributed by atoms with van der Waals surface area (Å²) < 4.78 is 11.2. The summed E-state index contributed by atoms with van der Waals surface area (Å²) >= 11 is 0. The van der Waals surface area contributed by atoms with E-state index in [0.29, 0.717) is 30.8 Å². The van der Waals surface area contributed by atoms with Crippen LogP contribution in [0.1, 0.15) is 63.9 Å². The maximum Gasteiger partial charge on any atom is 0.335 e. The van der Waals surface area contributed by atoms with Gasteiger partial charge < -0.3 is 19.7 Å². The Hall–Kier alpha value is -1.92. The maximum absolute atomic E-state index is 11.7. The van der Waals surface area contributed by atoms with Gasteiger partial charge in [-0.05, 0) is 43.0 Å². The zero-order valence-electron chi connectivity index (χ0n) is 14.8. The molecule has 0 spiro atoms. The number of methoxy groups -OCH3 is 1. The summed E-state index contributed by atoms with van der Waals surface area (Å²) in [5, 5.41) is 18.8. The molecule has 1 aliphatic rings. The first kappa shape index (κ1) is 19.4. The first-order valence-electron chi connectivity index (χ1n) is 8.61. The number of benzene rings is 1. The maximum atomic E-state index is 11.7. The fraction of sp³-hybridized carbons (Fsp3) is 0.579. The average Bonchev–Trinajstić information content (AvgIpc) is 2.57. The highest BCUT2D eigenvalue weighted by molar-refractivity contribution is 5.95. The van der Waals surface area contributed by atoms with Gasteiger partial charge >= 0.3 is 11.9 Å². The van der Waals surface area contributed by atoms with Gasteiger partial charge in [0.2, 0.25) is 0 Å². The Bertz CT molecular complexity index is 631. The van der Waals surface area contributed by atoms with E-state index in [0.717, 1.165) is 32.1 Å². The molecule has 0 atom stereocenters. The molecule has 1 aliphatic carbocycles. The smallest absolute Gasteiger partial charge is 0.335 e. The minimum Gasteiger partial charge on any atom is -0.478 e. The summed E-state index contributed by atoms with van der Waals surface area (Å²) in [6.07, 6.45) is 5.46. The van der Waals surface area contributed by atoms with Crippen molar-refractivity contribution in [2.75, 3.05) is 20.3 Å². The normalized spacial score (nSPS) is 16.6. The van der Waals surface area contributed by atoms with Gasteiger partial charge in [-0.1, -0.05) is 19.3 Å². The summed E-state index contributed by atoms with van der Waals surface area (Å²) in [4.78, 5) is 22.9. The molecule has 1 fully saturated rings. The first-order chi connectivity index (χ1) is 11.9. The molecule has 1 saturated carbocycles. The van der Waals surface area contributed by atoms with Crippen molar-refractivity contribution < 1.29 is 29.3 Å². The monoisotopic (exact) mass is 350 g/mol. The number of aromatic carboxylic acids is 2. The van der Waals surface area contributed by atoms with Gasteiger partial charge in [-0.3, -0.25) is 0 Å². The molecule has 0 aliphatic heterocycles. The fourth-order valence-corrected chi connectivity index (χ4v) is 3.60. The van der Waals surface area contributed by atoms with Crippen LogP contribution in [0.5, 0.6) is 0 Å². The average molecular weight is 350 g/mol. The summed E-state index contributed by atoms with van der Waals surface area (Å²) in [5.41, 5.74) is 0.986. The number of carbonyl (C=O) groups is 2. The lowest BCUT2D eigenvalue weighted by molar-refractivity contribution is -0.0837. The van der Waals surface area contributed by atoms with Gasteiger partial charge in [0.1, 0.15) is 0 Å². The molecule has 1 aromatic carbocycles. The van der Waals surface area contributed by atoms with Gasteiger partial charge in [-0.15, -0.1) is 0 Å². The minimum absolute atomic E-state index is 0.00311. The number of hydrogen-bond acceptors (Lipinski definition) is 4. The molecule has 6 heteroatoms. The highest BCUT2D eigenvalue weighted by atomic mass is 16.5. The third-order valence-electron chi connectivity index (χ3n) is 4.91. The van der Waals surface area contributed by atoms with Crippen LogP contribution in [0.3, 0.4) is 0 Å². The minimum atomic E-state index is -1.12. The molecular formula is C19H26O6. The third kappa shape index (κ3) is 4.80. The van der Waals surface area contributed by atoms with Gasteiger partial charge in [0.05, 0.1) is 29.9 Å². The number of carboxylic acids is 2. The van der Waals surface area contributed by atoms with Crippen LogP contribution >= 0.6 is 0 Å². The third-order valence-corrected chi connectivity index (χ3v) is 4.91. The molecule has 25 heavy (non-hydrogen) atoms. The highest BCUT2D eigenvalue weighted by Crippen LogP contribution is 2.36. The highest BCUT2D eigenvalue weighted by Gasteiger charge is 2.35. The number of hydrogen-bond donors (Lipinski definition) is 2. The Morgan fingerprint density at radius 3 is 2.32 bits per heavy atom. The second-order valence-electron chi connectivity index (χ2n) is 6.69. The van der Waals surface area contributed by atoms with Gasteiger partial charge in [0.25, 0.3) is 0 Å². The van der Waals surface area contributed by atoms with Crippen molar-refractivity contribution >= 4 is 11.9 Å². The number of aryl methyl sites for hydroxylation is 1. The lowest BCUT2D eigenvalue weighted by Crippen LogP contribution is -2.39. The van der Waals surface area contributed by atoms with Crippen LogP contribution in [0.2, 0.25) is 0 Å².